The van der Waals surface area contributed by atoms with Gasteiger partial charge in [0.05, 0.1) is 25.4 Å². The Labute approximate surface area is 181 Å². The van der Waals surface area contributed by atoms with Crippen LogP contribution in [-0.4, -0.2) is 46.7 Å². The average Bonchev–Trinajstić information content (AvgIpc) is 2.97. The Balaban J connectivity index is 1.57. The van der Waals surface area contributed by atoms with Crippen LogP contribution in [0.15, 0.2) is 0 Å². The van der Waals surface area contributed by atoms with Crippen molar-refractivity contribution in [3.05, 3.63) is 0 Å². The zero-order valence-electron chi connectivity index (χ0n) is 19.2. The topological polar surface area (TPSA) is 87.0 Å². The number of methoxy groups -OCH3 is 1. The Morgan fingerprint density at radius 2 is 1.70 bits per heavy atom. The summed E-state index contributed by atoms with van der Waals surface area (Å²) in [4.78, 5) is 11.7. The first-order valence-electron chi connectivity index (χ1n) is 12.2. The molecule has 0 bridgehead atoms. The van der Waals surface area contributed by atoms with Crippen molar-refractivity contribution in [3.63, 3.8) is 0 Å². The molecule has 0 aromatic rings. The van der Waals surface area contributed by atoms with Crippen LogP contribution >= 0.6 is 0 Å². The van der Waals surface area contributed by atoms with Gasteiger partial charge in [-0.1, -0.05) is 20.8 Å². The van der Waals surface area contributed by atoms with Crippen molar-refractivity contribution in [1.29, 1.82) is 0 Å². The average molecular weight is 423 g/mol. The molecule has 5 nitrogen and oxygen atoms in total. The summed E-state index contributed by atoms with van der Waals surface area (Å²) in [6.07, 6.45) is 6.74. The zero-order valence-corrected chi connectivity index (χ0v) is 19.2. The highest BCUT2D eigenvalue weighted by Crippen LogP contribution is 2.68. The number of carbonyl (C=O) groups is 1. The second-order valence-electron chi connectivity index (χ2n) is 11.7. The molecule has 0 heterocycles. The van der Waals surface area contributed by atoms with Crippen LogP contribution in [0.4, 0.5) is 0 Å². The summed E-state index contributed by atoms with van der Waals surface area (Å²) in [7, 11) is 1.43. The molecule has 4 rings (SSSR count). The van der Waals surface area contributed by atoms with E-state index in [1.807, 2.05) is 0 Å². The first-order valence-corrected chi connectivity index (χ1v) is 12.2. The Morgan fingerprint density at radius 1 is 1.00 bits per heavy atom. The maximum absolute atomic E-state index is 11.7. The number of aliphatic hydroxyl groups excluding tert-OH is 3. The highest BCUT2D eigenvalue weighted by atomic mass is 16.5. The molecule has 0 radical (unpaired) electrons. The third kappa shape index (κ3) is 3.44. The Kier molecular flexibility index (Phi) is 6.04. The van der Waals surface area contributed by atoms with Gasteiger partial charge in [-0.2, -0.15) is 0 Å². The SMILES string of the molecule is COC(=O)CC[C@@H](C)[C@H]1[C@@H](O)C[C@H]2[C@@H]3[C@H](O)C[C@@H]4C[C@H](O)CC[C@]4(C)[C@H]3CC[C@]12C. The van der Waals surface area contributed by atoms with Crippen LogP contribution in [0, 0.1) is 46.3 Å². The predicted octanol–water partition coefficient (Wildman–Crippen LogP) is 3.54. The van der Waals surface area contributed by atoms with Crippen molar-refractivity contribution in [2.24, 2.45) is 46.3 Å². The molecule has 0 saturated heterocycles. The van der Waals surface area contributed by atoms with Gasteiger partial charge in [-0.05, 0) is 97.7 Å². The number of esters is 1. The highest BCUT2D eigenvalue weighted by molar-refractivity contribution is 5.69. The molecular weight excluding hydrogens is 380 g/mol. The second kappa shape index (κ2) is 8.04. The molecule has 0 spiro atoms. The molecule has 0 aromatic heterocycles. The van der Waals surface area contributed by atoms with Gasteiger partial charge in [0.25, 0.3) is 0 Å². The van der Waals surface area contributed by atoms with Gasteiger partial charge < -0.3 is 20.1 Å². The number of carbonyl (C=O) groups excluding carboxylic acids is 1. The molecule has 0 aliphatic heterocycles. The van der Waals surface area contributed by atoms with Gasteiger partial charge in [0.15, 0.2) is 0 Å². The van der Waals surface area contributed by atoms with E-state index < -0.39 is 0 Å². The second-order valence-corrected chi connectivity index (χ2v) is 11.7. The molecule has 0 unspecified atom stereocenters. The van der Waals surface area contributed by atoms with E-state index in [1.165, 1.54) is 7.11 Å². The largest absolute Gasteiger partial charge is 0.469 e. The lowest BCUT2D eigenvalue weighted by molar-refractivity contribution is -0.174. The van der Waals surface area contributed by atoms with E-state index in [9.17, 15) is 20.1 Å². The summed E-state index contributed by atoms with van der Waals surface area (Å²) in [5.41, 5.74) is 0.207. The van der Waals surface area contributed by atoms with E-state index in [1.54, 1.807) is 0 Å². The van der Waals surface area contributed by atoms with Gasteiger partial charge in [0, 0.05) is 6.42 Å². The van der Waals surface area contributed by atoms with E-state index in [0.29, 0.717) is 24.2 Å². The van der Waals surface area contributed by atoms with Crippen LogP contribution in [0.2, 0.25) is 0 Å². The van der Waals surface area contributed by atoms with Gasteiger partial charge in [0.1, 0.15) is 0 Å². The van der Waals surface area contributed by atoms with E-state index in [2.05, 4.69) is 20.8 Å². The van der Waals surface area contributed by atoms with Gasteiger partial charge >= 0.3 is 5.97 Å². The molecule has 0 amide bonds. The number of hydrogen-bond donors (Lipinski definition) is 3. The van der Waals surface area contributed by atoms with Crippen molar-refractivity contribution in [2.75, 3.05) is 7.11 Å². The van der Waals surface area contributed by atoms with Crippen LogP contribution in [0.5, 0.6) is 0 Å². The van der Waals surface area contributed by atoms with Crippen molar-refractivity contribution >= 4 is 5.97 Å². The molecule has 4 aliphatic rings. The summed E-state index contributed by atoms with van der Waals surface area (Å²) in [6.45, 7) is 6.93. The number of rotatable bonds is 4. The van der Waals surface area contributed by atoms with Crippen molar-refractivity contribution in [1.82, 2.24) is 0 Å². The fraction of sp³-hybridized carbons (Fsp3) is 0.960. The lowest BCUT2D eigenvalue weighted by atomic mass is 9.43. The lowest BCUT2D eigenvalue weighted by Gasteiger charge is -2.62. The molecule has 172 valence electrons. The monoisotopic (exact) mass is 422 g/mol. The number of hydrogen-bond acceptors (Lipinski definition) is 5. The maximum atomic E-state index is 11.7. The molecular formula is C25H42O5. The number of ether oxygens (including phenoxy) is 1. The predicted molar refractivity (Wildman–Crippen MR) is 114 cm³/mol. The summed E-state index contributed by atoms with van der Waals surface area (Å²) in [6, 6.07) is 0. The van der Waals surface area contributed by atoms with E-state index in [0.717, 1.165) is 51.4 Å². The summed E-state index contributed by atoms with van der Waals surface area (Å²) in [5, 5.41) is 32.7. The Bertz CT molecular complexity index is 651. The van der Waals surface area contributed by atoms with Gasteiger partial charge in [-0.15, -0.1) is 0 Å². The highest BCUT2D eigenvalue weighted by Gasteiger charge is 2.64. The smallest absolute Gasteiger partial charge is 0.305 e. The first kappa shape index (κ1) is 22.5. The molecule has 30 heavy (non-hydrogen) atoms. The fourth-order valence-electron chi connectivity index (χ4n) is 8.91. The molecule has 3 N–H and O–H groups in total. The quantitative estimate of drug-likeness (QED) is 0.603. The molecule has 0 aromatic carbocycles. The number of fused-ring (bicyclic) bond motifs is 5. The van der Waals surface area contributed by atoms with Gasteiger partial charge in [-0.3, -0.25) is 4.79 Å². The standard InChI is InChI=1S/C25H42O5/c1-14(5-6-21(29)30-4)23-20(28)13-18-22-17(8-10-25(18,23)3)24(2)9-7-16(26)11-15(24)12-19(22)27/h14-20,22-23,26-28H,5-13H2,1-4H3/t14-,15+,16-,17+,18+,19-,20+,22-,23+,24+,25+/m1/s1. The van der Waals surface area contributed by atoms with Crippen LogP contribution < -0.4 is 0 Å². The van der Waals surface area contributed by atoms with E-state index >= 15 is 0 Å². The maximum Gasteiger partial charge on any atom is 0.305 e. The number of aliphatic hydroxyl groups is 3. The third-order valence-corrected chi connectivity index (χ3v) is 10.4. The lowest BCUT2D eigenvalue weighted by Crippen LogP contribution is -2.58. The normalized spacial score (nSPS) is 51.4. The molecule has 4 saturated carbocycles. The summed E-state index contributed by atoms with van der Waals surface area (Å²) >= 11 is 0. The van der Waals surface area contributed by atoms with Crippen molar-refractivity contribution in [2.45, 2.75) is 96.9 Å². The minimum atomic E-state index is -0.364. The van der Waals surface area contributed by atoms with Gasteiger partial charge in [-0.25, -0.2) is 0 Å². The van der Waals surface area contributed by atoms with Crippen LogP contribution in [0.25, 0.3) is 0 Å². The van der Waals surface area contributed by atoms with Crippen molar-refractivity contribution < 1.29 is 24.9 Å². The molecule has 4 aliphatic carbocycles. The summed E-state index contributed by atoms with van der Waals surface area (Å²) in [5.74, 6) is 1.69. The zero-order chi connectivity index (χ0) is 21.8. The molecule has 11 atom stereocenters. The first-order chi connectivity index (χ1) is 14.1. The van der Waals surface area contributed by atoms with E-state index in [-0.39, 0.29) is 52.9 Å². The van der Waals surface area contributed by atoms with Crippen LogP contribution in [0.3, 0.4) is 0 Å². The Morgan fingerprint density at radius 3 is 2.40 bits per heavy atom. The van der Waals surface area contributed by atoms with Crippen molar-refractivity contribution in [3.8, 4) is 0 Å². The minimum absolute atomic E-state index is 0.00841. The van der Waals surface area contributed by atoms with Crippen LogP contribution in [-0.2, 0) is 9.53 Å². The minimum Gasteiger partial charge on any atom is -0.469 e. The van der Waals surface area contributed by atoms with Crippen LogP contribution in [0.1, 0.15) is 78.6 Å². The Hall–Kier alpha value is -0.650. The fourth-order valence-corrected chi connectivity index (χ4v) is 8.91. The molecule has 4 fully saturated rings. The van der Waals surface area contributed by atoms with Gasteiger partial charge in [0.2, 0.25) is 0 Å². The van der Waals surface area contributed by atoms with E-state index in [4.69, 9.17) is 4.74 Å². The summed E-state index contributed by atoms with van der Waals surface area (Å²) < 4.78 is 4.82. The third-order valence-electron chi connectivity index (χ3n) is 10.4. The molecule has 5 heteroatoms.